The second-order valence-electron chi connectivity index (χ2n) is 4.43. The molecule has 0 amide bonds. The molecule has 0 bridgehead atoms. The van der Waals surface area contributed by atoms with Gasteiger partial charge in [-0.15, -0.1) is 11.3 Å². The Balaban J connectivity index is 2.19. The summed E-state index contributed by atoms with van der Waals surface area (Å²) in [6.45, 7) is 3.86. The summed E-state index contributed by atoms with van der Waals surface area (Å²) in [6.07, 6.45) is 0.728. The molecule has 0 fully saturated rings. The summed E-state index contributed by atoms with van der Waals surface area (Å²) in [5.41, 5.74) is 0. The van der Waals surface area contributed by atoms with Crippen LogP contribution < -0.4 is 5.32 Å². The van der Waals surface area contributed by atoms with Crippen LogP contribution in [-0.4, -0.2) is 43.2 Å². The summed E-state index contributed by atoms with van der Waals surface area (Å²) < 4.78 is 0. The van der Waals surface area contributed by atoms with E-state index < -0.39 is 0 Å². The van der Waals surface area contributed by atoms with Crippen LogP contribution in [0.1, 0.15) is 24.3 Å². The molecule has 0 saturated carbocycles. The molecule has 16 heavy (non-hydrogen) atoms. The molecule has 3 nitrogen and oxygen atoms in total. The number of nitrogens with one attached hydrogen (secondary N) is 1. The summed E-state index contributed by atoms with van der Waals surface area (Å²) >= 11 is 1.60. The fourth-order valence-electron chi connectivity index (χ4n) is 1.45. The Morgan fingerprint density at radius 2 is 2.25 bits per heavy atom. The lowest BCUT2D eigenvalue weighted by Crippen LogP contribution is -2.32. The number of thiophene rings is 1. The molecular formula is C12H22N2OS. The topological polar surface area (TPSA) is 35.5 Å². The van der Waals surface area contributed by atoms with Crippen molar-refractivity contribution in [3.63, 3.8) is 0 Å². The van der Waals surface area contributed by atoms with E-state index in [0.29, 0.717) is 12.6 Å². The molecule has 0 aliphatic carbocycles. The van der Waals surface area contributed by atoms with Crippen molar-refractivity contribution in [3.05, 3.63) is 22.4 Å². The van der Waals surface area contributed by atoms with Gasteiger partial charge in [0.05, 0.1) is 0 Å². The van der Waals surface area contributed by atoms with Crippen LogP contribution in [-0.2, 0) is 0 Å². The number of hydrogen-bond donors (Lipinski definition) is 2. The summed E-state index contributed by atoms with van der Waals surface area (Å²) in [4.78, 5) is 3.21. The van der Waals surface area contributed by atoms with E-state index in [1.807, 2.05) is 17.5 Å². The van der Waals surface area contributed by atoms with Crippen molar-refractivity contribution >= 4 is 11.3 Å². The first-order valence-corrected chi connectivity index (χ1v) is 6.57. The van der Waals surface area contributed by atoms with E-state index in [1.54, 1.807) is 11.3 Å². The van der Waals surface area contributed by atoms with Gasteiger partial charge in [-0.05, 0) is 45.4 Å². The smallest absolute Gasteiger partial charge is 0.101 e. The van der Waals surface area contributed by atoms with Crippen LogP contribution in [0.25, 0.3) is 0 Å². The molecule has 1 aromatic heterocycles. The summed E-state index contributed by atoms with van der Waals surface area (Å²) in [5, 5.41) is 15.2. The number of aliphatic hydroxyl groups is 1. The molecular weight excluding hydrogens is 220 g/mol. The van der Waals surface area contributed by atoms with E-state index in [4.69, 9.17) is 0 Å². The third-order valence-electron chi connectivity index (χ3n) is 2.54. The minimum atomic E-state index is -0.373. The van der Waals surface area contributed by atoms with Gasteiger partial charge in [-0.3, -0.25) is 0 Å². The highest BCUT2D eigenvalue weighted by molar-refractivity contribution is 7.10. The highest BCUT2D eigenvalue weighted by atomic mass is 32.1. The van der Waals surface area contributed by atoms with Gasteiger partial charge in [0.1, 0.15) is 6.10 Å². The molecule has 1 aromatic rings. The lowest BCUT2D eigenvalue weighted by molar-refractivity contribution is 0.172. The van der Waals surface area contributed by atoms with Gasteiger partial charge in [0, 0.05) is 17.5 Å². The fourth-order valence-corrected chi connectivity index (χ4v) is 2.16. The second kappa shape index (κ2) is 7.01. The Labute approximate surface area is 102 Å². The van der Waals surface area contributed by atoms with Crippen LogP contribution >= 0.6 is 11.3 Å². The molecule has 0 aliphatic heterocycles. The van der Waals surface area contributed by atoms with Crippen LogP contribution in [0.4, 0.5) is 0 Å². The Morgan fingerprint density at radius 1 is 1.50 bits per heavy atom. The van der Waals surface area contributed by atoms with Gasteiger partial charge in [-0.1, -0.05) is 6.07 Å². The van der Waals surface area contributed by atoms with Crippen molar-refractivity contribution in [2.45, 2.75) is 25.5 Å². The Morgan fingerprint density at radius 3 is 2.81 bits per heavy atom. The van der Waals surface area contributed by atoms with E-state index in [2.05, 4.69) is 31.2 Å². The van der Waals surface area contributed by atoms with Crippen molar-refractivity contribution in [2.24, 2.45) is 0 Å². The monoisotopic (exact) mass is 242 g/mol. The van der Waals surface area contributed by atoms with Crippen molar-refractivity contribution in [2.75, 3.05) is 27.2 Å². The zero-order chi connectivity index (χ0) is 12.0. The number of aliphatic hydroxyl groups excluding tert-OH is 1. The molecule has 4 heteroatoms. The average Bonchev–Trinajstić information content (AvgIpc) is 2.76. The largest absolute Gasteiger partial charge is 0.386 e. The lowest BCUT2D eigenvalue weighted by Gasteiger charge is -2.18. The van der Waals surface area contributed by atoms with Gasteiger partial charge in [-0.2, -0.15) is 0 Å². The molecule has 2 N–H and O–H groups in total. The predicted octanol–water partition coefficient (Wildman–Crippen LogP) is 1.71. The zero-order valence-corrected chi connectivity index (χ0v) is 11.1. The van der Waals surface area contributed by atoms with Crippen LogP contribution in [0.15, 0.2) is 17.5 Å². The predicted molar refractivity (Wildman–Crippen MR) is 69.9 cm³/mol. The molecule has 0 aromatic carbocycles. The van der Waals surface area contributed by atoms with Gasteiger partial charge >= 0.3 is 0 Å². The number of hydrogen-bond acceptors (Lipinski definition) is 4. The lowest BCUT2D eigenvalue weighted by atomic mass is 10.2. The maximum Gasteiger partial charge on any atom is 0.101 e. The Bertz CT molecular complexity index is 275. The highest BCUT2D eigenvalue weighted by Crippen LogP contribution is 2.17. The standard InChI is InChI=1S/C12H22N2OS/c1-10(6-7-14(2)3)13-9-11(15)12-5-4-8-16-12/h4-5,8,10-11,13,15H,6-7,9H2,1-3H3. The van der Waals surface area contributed by atoms with Crippen LogP contribution in [0.2, 0.25) is 0 Å². The minimum Gasteiger partial charge on any atom is -0.386 e. The van der Waals surface area contributed by atoms with Crippen molar-refractivity contribution in [1.82, 2.24) is 10.2 Å². The van der Waals surface area contributed by atoms with Crippen LogP contribution in [0.3, 0.4) is 0 Å². The average molecular weight is 242 g/mol. The molecule has 0 radical (unpaired) electrons. The molecule has 2 unspecified atom stereocenters. The summed E-state index contributed by atoms with van der Waals surface area (Å²) in [6, 6.07) is 4.39. The quantitative estimate of drug-likeness (QED) is 0.764. The first-order valence-electron chi connectivity index (χ1n) is 5.69. The second-order valence-corrected chi connectivity index (χ2v) is 5.41. The maximum absolute atomic E-state index is 9.87. The third kappa shape index (κ3) is 5.07. The van der Waals surface area contributed by atoms with Crippen molar-refractivity contribution in [1.29, 1.82) is 0 Å². The third-order valence-corrected chi connectivity index (χ3v) is 3.51. The number of rotatable bonds is 7. The van der Waals surface area contributed by atoms with Gasteiger partial charge < -0.3 is 15.3 Å². The van der Waals surface area contributed by atoms with Gasteiger partial charge in [0.25, 0.3) is 0 Å². The van der Waals surface area contributed by atoms with Crippen molar-refractivity contribution in [3.8, 4) is 0 Å². The van der Waals surface area contributed by atoms with E-state index in [0.717, 1.165) is 17.8 Å². The Hall–Kier alpha value is -0.420. The first kappa shape index (κ1) is 13.6. The van der Waals surface area contributed by atoms with E-state index in [9.17, 15) is 5.11 Å². The molecule has 92 valence electrons. The van der Waals surface area contributed by atoms with Crippen LogP contribution in [0, 0.1) is 0 Å². The fraction of sp³-hybridized carbons (Fsp3) is 0.667. The highest BCUT2D eigenvalue weighted by Gasteiger charge is 2.10. The van der Waals surface area contributed by atoms with Gasteiger partial charge in [-0.25, -0.2) is 0 Å². The molecule has 1 heterocycles. The molecule has 0 aliphatic rings. The van der Waals surface area contributed by atoms with Gasteiger partial charge in [0.15, 0.2) is 0 Å². The van der Waals surface area contributed by atoms with Gasteiger partial charge in [0.2, 0.25) is 0 Å². The maximum atomic E-state index is 9.87. The summed E-state index contributed by atoms with van der Waals surface area (Å²) in [5.74, 6) is 0. The molecule has 0 spiro atoms. The molecule has 0 saturated heterocycles. The zero-order valence-electron chi connectivity index (χ0n) is 10.3. The Kier molecular flexibility index (Phi) is 5.98. The van der Waals surface area contributed by atoms with E-state index in [1.165, 1.54) is 0 Å². The van der Waals surface area contributed by atoms with Crippen molar-refractivity contribution < 1.29 is 5.11 Å². The minimum absolute atomic E-state index is 0.373. The summed E-state index contributed by atoms with van der Waals surface area (Å²) in [7, 11) is 4.15. The van der Waals surface area contributed by atoms with E-state index in [-0.39, 0.29) is 6.10 Å². The molecule has 1 rings (SSSR count). The number of nitrogens with zero attached hydrogens (tertiary/aromatic N) is 1. The SMILES string of the molecule is CC(CCN(C)C)NCC(O)c1cccs1. The van der Waals surface area contributed by atoms with E-state index >= 15 is 0 Å². The van der Waals surface area contributed by atoms with Crippen LogP contribution in [0.5, 0.6) is 0 Å². The normalized spacial score (nSPS) is 15.3. The molecule has 2 atom stereocenters. The first-order chi connectivity index (χ1) is 7.59.